The molecule has 1 amide bonds. The molecule has 0 fully saturated rings. The van der Waals surface area contributed by atoms with E-state index in [2.05, 4.69) is 15.3 Å². The molecule has 3 aromatic rings. The Kier molecular flexibility index (Phi) is 6.61. The monoisotopic (exact) mass is 415 g/mol. The number of nitrogens with zero attached hydrogens (tertiary/aromatic N) is 2. The maximum atomic E-state index is 12.4. The van der Waals surface area contributed by atoms with Gasteiger partial charge in [0.05, 0.1) is 32.2 Å². The van der Waals surface area contributed by atoms with Crippen molar-refractivity contribution < 1.29 is 23.7 Å². The van der Waals surface area contributed by atoms with Crippen LogP contribution < -0.4 is 24.3 Å². The van der Waals surface area contributed by atoms with E-state index in [0.29, 0.717) is 34.0 Å². The van der Waals surface area contributed by atoms with Crippen molar-refractivity contribution >= 4 is 34.3 Å². The Morgan fingerprint density at radius 3 is 2.34 bits per heavy atom. The average molecular weight is 415 g/mol. The van der Waals surface area contributed by atoms with Gasteiger partial charge in [0, 0.05) is 17.8 Å². The summed E-state index contributed by atoms with van der Waals surface area (Å²) >= 11 is 1.40. The average Bonchev–Trinajstić information content (AvgIpc) is 2.76. The molecule has 1 aromatic heterocycles. The number of para-hydroxylation sites is 1. The third-order valence-corrected chi connectivity index (χ3v) is 4.57. The van der Waals surface area contributed by atoms with E-state index < -0.39 is 0 Å². The number of thioether (sulfide) groups is 1. The van der Waals surface area contributed by atoms with E-state index in [1.807, 2.05) is 30.5 Å². The first-order valence-corrected chi connectivity index (χ1v) is 9.85. The second-order valence-electron chi connectivity index (χ2n) is 5.78. The number of carbonyl (C=O) groups excluding carboxylic acids is 1. The maximum absolute atomic E-state index is 12.4. The van der Waals surface area contributed by atoms with Crippen LogP contribution in [0.5, 0.6) is 23.1 Å². The highest BCUT2D eigenvalue weighted by molar-refractivity contribution is 7.98. The minimum atomic E-state index is -0.354. The van der Waals surface area contributed by atoms with Crippen LogP contribution in [0.1, 0.15) is 0 Å². The number of ether oxygens (including phenoxy) is 4. The van der Waals surface area contributed by atoms with Crippen molar-refractivity contribution in [3.63, 3.8) is 0 Å². The highest BCUT2D eigenvalue weighted by Crippen LogP contribution is 2.39. The van der Waals surface area contributed by atoms with Gasteiger partial charge in [0.25, 0.3) is 5.91 Å². The first-order chi connectivity index (χ1) is 14.1. The standard InChI is InChI=1S/C20H21N3O5S/c1-25-15-9-12(10-16(26-2)18(15)27-3)21-17(24)11-28-19-13-7-5-6-8-14(13)22-20(23-19)29-4/h5-10H,11H2,1-4H3,(H,21,24). The molecule has 152 valence electrons. The molecule has 0 radical (unpaired) electrons. The Balaban J connectivity index is 1.76. The number of anilines is 1. The van der Waals surface area contributed by atoms with Crippen molar-refractivity contribution in [2.45, 2.75) is 5.16 Å². The Hall–Kier alpha value is -3.20. The van der Waals surface area contributed by atoms with Crippen LogP contribution in [0.3, 0.4) is 0 Å². The minimum absolute atomic E-state index is 0.217. The first kappa shape index (κ1) is 20.5. The van der Waals surface area contributed by atoms with Crippen LogP contribution >= 0.6 is 11.8 Å². The number of hydrogen-bond donors (Lipinski definition) is 1. The third kappa shape index (κ3) is 4.62. The predicted molar refractivity (Wildman–Crippen MR) is 112 cm³/mol. The van der Waals surface area contributed by atoms with E-state index in [4.69, 9.17) is 18.9 Å². The lowest BCUT2D eigenvalue weighted by Crippen LogP contribution is -2.20. The zero-order valence-electron chi connectivity index (χ0n) is 16.5. The van der Waals surface area contributed by atoms with Gasteiger partial charge >= 0.3 is 0 Å². The first-order valence-electron chi connectivity index (χ1n) is 8.63. The highest BCUT2D eigenvalue weighted by atomic mass is 32.2. The van der Waals surface area contributed by atoms with Crippen LogP contribution in [-0.4, -0.2) is 50.1 Å². The molecule has 0 aliphatic heterocycles. The summed E-state index contributed by atoms with van der Waals surface area (Å²) in [5.41, 5.74) is 1.25. The lowest BCUT2D eigenvalue weighted by molar-refractivity contribution is -0.118. The topological polar surface area (TPSA) is 91.8 Å². The van der Waals surface area contributed by atoms with Crippen LogP contribution in [0.4, 0.5) is 5.69 Å². The van der Waals surface area contributed by atoms with Crippen molar-refractivity contribution in [2.75, 3.05) is 39.5 Å². The molecule has 1 heterocycles. The summed E-state index contributed by atoms with van der Waals surface area (Å²) in [6, 6.07) is 10.8. The van der Waals surface area contributed by atoms with Gasteiger partial charge in [-0.05, 0) is 18.4 Å². The van der Waals surface area contributed by atoms with Gasteiger partial charge in [0.2, 0.25) is 11.6 Å². The molecule has 8 nitrogen and oxygen atoms in total. The molecule has 0 spiro atoms. The zero-order chi connectivity index (χ0) is 20.8. The third-order valence-electron chi connectivity index (χ3n) is 4.02. The van der Waals surface area contributed by atoms with Crippen LogP contribution in [0.25, 0.3) is 10.9 Å². The Labute approximate surface area is 172 Å². The van der Waals surface area contributed by atoms with Gasteiger partial charge in [-0.1, -0.05) is 23.9 Å². The maximum Gasteiger partial charge on any atom is 0.262 e. The van der Waals surface area contributed by atoms with Crippen LogP contribution in [-0.2, 0) is 4.79 Å². The van der Waals surface area contributed by atoms with E-state index in [0.717, 1.165) is 10.9 Å². The summed E-state index contributed by atoms with van der Waals surface area (Å²) in [6.07, 6.45) is 1.88. The molecule has 3 rings (SSSR count). The summed E-state index contributed by atoms with van der Waals surface area (Å²) in [6.45, 7) is -0.217. The fraction of sp³-hybridized carbons (Fsp3) is 0.250. The molecule has 0 bridgehead atoms. The van der Waals surface area contributed by atoms with Crippen molar-refractivity contribution in [3.05, 3.63) is 36.4 Å². The summed E-state index contributed by atoms with van der Waals surface area (Å²) in [7, 11) is 4.53. The lowest BCUT2D eigenvalue weighted by atomic mass is 10.2. The van der Waals surface area contributed by atoms with Gasteiger partial charge in [-0.15, -0.1) is 0 Å². The molecule has 0 saturated heterocycles. The second kappa shape index (κ2) is 9.33. The van der Waals surface area contributed by atoms with Gasteiger partial charge in [0.1, 0.15) is 0 Å². The normalized spacial score (nSPS) is 10.5. The smallest absolute Gasteiger partial charge is 0.262 e. The quantitative estimate of drug-likeness (QED) is 0.442. The summed E-state index contributed by atoms with van der Waals surface area (Å²) in [4.78, 5) is 21.2. The molecule has 9 heteroatoms. The molecule has 29 heavy (non-hydrogen) atoms. The van der Waals surface area contributed by atoms with Crippen molar-refractivity contribution in [2.24, 2.45) is 0 Å². The van der Waals surface area contributed by atoms with Crippen LogP contribution in [0.2, 0.25) is 0 Å². The van der Waals surface area contributed by atoms with Crippen molar-refractivity contribution in [1.29, 1.82) is 0 Å². The number of amides is 1. The number of methoxy groups -OCH3 is 3. The summed E-state index contributed by atoms with van der Waals surface area (Å²) < 4.78 is 21.6. The molecule has 0 saturated carbocycles. The Bertz CT molecular complexity index is 1000. The summed E-state index contributed by atoms with van der Waals surface area (Å²) in [5, 5.41) is 4.08. The van der Waals surface area contributed by atoms with Crippen LogP contribution in [0, 0.1) is 0 Å². The molecule has 0 atom stereocenters. The molecule has 0 aliphatic carbocycles. The van der Waals surface area contributed by atoms with E-state index >= 15 is 0 Å². The van der Waals surface area contributed by atoms with E-state index in [9.17, 15) is 4.79 Å². The second-order valence-corrected chi connectivity index (χ2v) is 6.56. The van der Waals surface area contributed by atoms with Crippen LogP contribution in [0.15, 0.2) is 41.6 Å². The number of hydrogen-bond acceptors (Lipinski definition) is 8. The SMILES string of the molecule is COc1cc(NC(=O)COc2nc(SC)nc3ccccc23)cc(OC)c1OC. The summed E-state index contributed by atoms with van der Waals surface area (Å²) in [5.74, 6) is 1.33. The number of rotatable bonds is 8. The van der Waals surface area contributed by atoms with Gasteiger partial charge in [-0.25, -0.2) is 4.98 Å². The van der Waals surface area contributed by atoms with Crippen molar-refractivity contribution in [1.82, 2.24) is 9.97 Å². The van der Waals surface area contributed by atoms with Gasteiger partial charge in [-0.2, -0.15) is 4.98 Å². The lowest BCUT2D eigenvalue weighted by Gasteiger charge is -2.15. The van der Waals surface area contributed by atoms with E-state index in [1.54, 1.807) is 12.1 Å². The number of benzene rings is 2. The molecule has 1 N–H and O–H groups in total. The minimum Gasteiger partial charge on any atom is -0.493 e. The van der Waals surface area contributed by atoms with Crippen molar-refractivity contribution in [3.8, 4) is 23.1 Å². The van der Waals surface area contributed by atoms with E-state index in [-0.39, 0.29) is 12.5 Å². The number of carbonyl (C=O) groups is 1. The van der Waals surface area contributed by atoms with Gasteiger partial charge in [-0.3, -0.25) is 4.79 Å². The molecular formula is C20H21N3O5S. The molecular weight excluding hydrogens is 394 g/mol. The molecule has 0 aliphatic rings. The van der Waals surface area contributed by atoms with E-state index in [1.165, 1.54) is 33.1 Å². The fourth-order valence-corrected chi connectivity index (χ4v) is 3.08. The Morgan fingerprint density at radius 2 is 1.72 bits per heavy atom. The number of fused-ring (bicyclic) bond motifs is 1. The highest BCUT2D eigenvalue weighted by Gasteiger charge is 2.15. The largest absolute Gasteiger partial charge is 0.493 e. The fourth-order valence-electron chi connectivity index (χ4n) is 2.71. The molecule has 0 unspecified atom stereocenters. The zero-order valence-corrected chi connectivity index (χ0v) is 17.3. The van der Waals surface area contributed by atoms with Gasteiger partial charge < -0.3 is 24.3 Å². The molecule has 2 aromatic carbocycles. The number of aromatic nitrogens is 2. The number of nitrogens with one attached hydrogen (secondary N) is 1. The van der Waals surface area contributed by atoms with Gasteiger partial charge in [0.15, 0.2) is 23.3 Å². The Morgan fingerprint density at radius 1 is 1.03 bits per heavy atom. The predicted octanol–water partition coefficient (Wildman–Crippen LogP) is 3.40.